The lowest BCUT2D eigenvalue weighted by molar-refractivity contribution is -0.115. The standard InChI is InChI=1S/C20H16N6O/c1-12-16(18(22)27)17(14-9-7-13(11-21)8-10-14)26-20(23-12)24-19(25-26)15-5-3-2-4-6-15/h2-10,17H,1H3,(H2,22,27)(H,23,24,25)/t17-/m0/s1. The van der Waals surface area contributed by atoms with E-state index >= 15 is 0 Å². The molecule has 0 aliphatic carbocycles. The number of aromatic nitrogens is 3. The van der Waals surface area contributed by atoms with Crippen molar-refractivity contribution in [2.24, 2.45) is 5.73 Å². The van der Waals surface area contributed by atoms with E-state index in [2.05, 4.69) is 21.5 Å². The molecule has 4 rings (SSSR count). The molecule has 7 heteroatoms. The third kappa shape index (κ3) is 2.83. The average Bonchev–Trinajstić information content (AvgIpc) is 3.11. The van der Waals surface area contributed by atoms with Crippen molar-refractivity contribution in [3.8, 4) is 17.5 Å². The Bertz CT molecular complexity index is 1090. The molecule has 132 valence electrons. The minimum atomic E-state index is -0.531. The van der Waals surface area contributed by atoms with Gasteiger partial charge in [-0.2, -0.15) is 10.2 Å². The predicted molar refractivity (Wildman–Crippen MR) is 100 cm³/mol. The number of anilines is 1. The Morgan fingerprint density at radius 2 is 1.89 bits per heavy atom. The summed E-state index contributed by atoms with van der Waals surface area (Å²) in [5.41, 5.74) is 8.93. The Morgan fingerprint density at radius 1 is 1.19 bits per heavy atom. The summed E-state index contributed by atoms with van der Waals surface area (Å²) in [7, 11) is 0. The predicted octanol–water partition coefficient (Wildman–Crippen LogP) is 2.59. The topological polar surface area (TPSA) is 110 Å². The van der Waals surface area contributed by atoms with Crippen molar-refractivity contribution in [1.82, 2.24) is 14.8 Å². The molecule has 2 aromatic carbocycles. The number of fused-ring (bicyclic) bond motifs is 1. The van der Waals surface area contributed by atoms with Gasteiger partial charge in [0.05, 0.1) is 17.2 Å². The van der Waals surface area contributed by atoms with Crippen LogP contribution >= 0.6 is 0 Å². The van der Waals surface area contributed by atoms with Gasteiger partial charge in [-0.05, 0) is 24.6 Å². The van der Waals surface area contributed by atoms with Gasteiger partial charge in [0.15, 0.2) is 5.82 Å². The summed E-state index contributed by atoms with van der Waals surface area (Å²) in [4.78, 5) is 16.7. The second-order valence-corrected chi connectivity index (χ2v) is 6.23. The molecule has 1 atom stereocenters. The van der Waals surface area contributed by atoms with Crippen LogP contribution in [-0.2, 0) is 4.79 Å². The molecule has 0 spiro atoms. The van der Waals surface area contributed by atoms with Gasteiger partial charge in [0, 0.05) is 11.3 Å². The number of nitrogens with zero attached hydrogens (tertiary/aromatic N) is 4. The minimum Gasteiger partial charge on any atom is -0.366 e. The zero-order chi connectivity index (χ0) is 19.0. The molecule has 1 aliphatic heterocycles. The van der Waals surface area contributed by atoms with Crippen LogP contribution in [0.2, 0.25) is 0 Å². The molecule has 0 bridgehead atoms. The van der Waals surface area contributed by atoms with Crippen LogP contribution < -0.4 is 11.1 Å². The van der Waals surface area contributed by atoms with E-state index < -0.39 is 11.9 Å². The SMILES string of the molecule is CC1=C(C(N)=O)[C@H](c2ccc(C#N)cc2)n2nc(-c3ccccc3)nc2N1. The number of nitrogens with one attached hydrogen (secondary N) is 1. The van der Waals surface area contributed by atoms with E-state index in [0.717, 1.165) is 11.1 Å². The van der Waals surface area contributed by atoms with Crippen molar-refractivity contribution in [2.75, 3.05) is 5.32 Å². The van der Waals surface area contributed by atoms with Crippen molar-refractivity contribution < 1.29 is 4.79 Å². The maximum atomic E-state index is 12.2. The number of nitrogens with two attached hydrogens (primary N) is 1. The first kappa shape index (κ1) is 16.5. The first-order valence-corrected chi connectivity index (χ1v) is 8.38. The number of carbonyl (C=O) groups excluding carboxylic acids is 1. The smallest absolute Gasteiger partial charge is 0.248 e. The van der Waals surface area contributed by atoms with Gasteiger partial charge in [0.2, 0.25) is 11.9 Å². The van der Waals surface area contributed by atoms with Gasteiger partial charge in [-0.3, -0.25) is 4.79 Å². The molecule has 0 fully saturated rings. The highest BCUT2D eigenvalue weighted by Crippen LogP contribution is 2.36. The molecule has 0 saturated heterocycles. The molecular weight excluding hydrogens is 340 g/mol. The second-order valence-electron chi connectivity index (χ2n) is 6.23. The molecule has 0 saturated carbocycles. The normalized spacial score (nSPS) is 15.6. The van der Waals surface area contributed by atoms with Gasteiger partial charge < -0.3 is 11.1 Å². The van der Waals surface area contributed by atoms with Crippen LogP contribution in [0.4, 0.5) is 5.95 Å². The molecule has 0 radical (unpaired) electrons. The monoisotopic (exact) mass is 356 g/mol. The third-order valence-corrected chi connectivity index (χ3v) is 4.51. The first-order chi connectivity index (χ1) is 13.1. The summed E-state index contributed by atoms with van der Waals surface area (Å²) in [6.45, 7) is 1.79. The molecule has 3 aromatic rings. The molecular formula is C20H16N6O. The quantitative estimate of drug-likeness (QED) is 0.749. The van der Waals surface area contributed by atoms with Crippen molar-refractivity contribution in [2.45, 2.75) is 13.0 Å². The van der Waals surface area contributed by atoms with Gasteiger partial charge in [-0.15, -0.1) is 5.10 Å². The van der Waals surface area contributed by atoms with Crippen LogP contribution in [0, 0.1) is 11.3 Å². The van der Waals surface area contributed by atoms with E-state index in [-0.39, 0.29) is 0 Å². The van der Waals surface area contributed by atoms with Gasteiger partial charge in [0.25, 0.3) is 0 Å². The highest BCUT2D eigenvalue weighted by atomic mass is 16.1. The van der Waals surface area contributed by atoms with Gasteiger partial charge in [0.1, 0.15) is 6.04 Å². The van der Waals surface area contributed by atoms with E-state index in [1.54, 1.807) is 35.9 Å². The maximum absolute atomic E-state index is 12.2. The Balaban J connectivity index is 1.88. The number of hydrogen-bond acceptors (Lipinski definition) is 5. The van der Waals surface area contributed by atoms with Gasteiger partial charge in [-0.1, -0.05) is 42.5 Å². The molecule has 3 N–H and O–H groups in total. The van der Waals surface area contributed by atoms with E-state index in [1.165, 1.54) is 0 Å². The van der Waals surface area contributed by atoms with Crippen molar-refractivity contribution in [3.05, 3.63) is 77.0 Å². The summed E-state index contributed by atoms with van der Waals surface area (Å²) in [6.07, 6.45) is 0. The summed E-state index contributed by atoms with van der Waals surface area (Å²) in [5.74, 6) is 0.553. The van der Waals surface area contributed by atoms with E-state index in [9.17, 15) is 4.79 Å². The maximum Gasteiger partial charge on any atom is 0.248 e. The number of carbonyl (C=O) groups is 1. The molecule has 27 heavy (non-hydrogen) atoms. The zero-order valence-electron chi connectivity index (χ0n) is 14.5. The molecule has 1 amide bonds. The lowest BCUT2D eigenvalue weighted by Crippen LogP contribution is -2.31. The van der Waals surface area contributed by atoms with Crippen molar-refractivity contribution in [3.63, 3.8) is 0 Å². The average molecular weight is 356 g/mol. The molecule has 1 aliphatic rings. The number of hydrogen-bond donors (Lipinski definition) is 2. The van der Waals surface area contributed by atoms with E-state index in [1.807, 2.05) is 30.3 Å². The van der Waals surface area contributed by atoms with Crippen LogP contribution in [0.25, 0.3) is 11.4 Å². The zero-order valence-corrected chi connectivity index (χ0v) is 14.5. The molecule has 2 heterocycles. The number of amides is 1. The number of rotatable bonds is 3. The number of nitriles is 1. The lowest BCUT2D eigenvalue weighted by Gasteiger charge is -2.27. The van der Waals surface area contributed by atoms with Gasteiger partial charge in [-0.25, -0.2) is 4.68 Å². The Hall–Kier alpha value is -3.92. The van der Waals surface area contributed by atoms with Crippen LogP contribution in [-0.4, -0.2) is 20.7 Å². The molecule has 0 unspecified atom stereocenters. The summed E-state index contributed by atoms with van der Waals surface area (Å²) in [5, 5.41) is 16.8. The first-order valence-electron chi connectivity index (χ1n) is 8.38. The van der Waals surface area contributed by atoms with Gasteiger partial charge >= 0.3 is 0 Å². The largest absolute Gasteiger partial charge is 0.366 e. The van der Waals surface area contributed by atoms with Crippen LogP contribution in [0.15, 0.2) is 65.9 Å². The fourth-order valence-electron chi connectivity index (χ4n) is 3.23. The molecule has 7 nitrogen and oxygen atoms in total. The van der Waals surface area contributed by atoms with Crippen LogP contribution in [0.1, 0.15) is 24.1 Å². The number of benzene rings is 2. The highest BCUT2D eigenvalue weighted by Gasteiger charge is 2.33. The summed E-state index contributed by atoms with van der Waals surface area (Å²) < 4.78 is 1.66. The fourth-order valence-corrected chi connectivity index (χ4v) is 3.23. The van der Waals surface area contributed by atoms with Crippen LogP contribution in [0.5, 0.6) is 0 Å². The number of allylic oxidation sites excluding steroid dienone is 1. The fraction of sp³-hybridized carbons (Fsp3) is 0.100. The Labute approximate surface area is 155 Å². The summed E-state index contributed by atoms with van der Waals surface area (Å²) in [6, 6.07) is 18.2. The number of primary amides is 1. The minimum absolute atomic E-state index is 0.414. The van der Waals surface area contributed by atoms with Crippen LogP contribution in [0.3, 0.4) is 0 Å². The second kappa shape index (κ2) is 6.42. The highest BCUT2D eigenvalue weighted by molar-refractivity contribution is 5.95. The summed E-state index contributed by atoms with van der Waals surface area (Å²) >= 11 is 0. The van der Waals surface area contributed by atoms with E-state index in [4.69, 9.17) is 11.0 Å². The molecule has 1 aromatic heterocycles. The van der Waals surface area contributed by atoms with E-state index in [0.29, 0.717) is 28.6 Å². The lowest BCUT2D eigenvalue weighted by atomic mass is 9.95. The Kier molecular flexibility index (Phi) is 3.94. The van der Waals surface area contributed by atoms with Crippen molar-refractivity contribution in [1.29, 1.82) is 5.26 Å². The Morgan fingerprint density at radius 3 is 2.52 bits per heavy atom. The third-order valence-electron chi connectivity index (χ3n) is 4.51. The van der Waals surface area contributed by atoms with Crippen molar-refractivity contribution >= 4 is 11.9 Å².